The Kier molecular flexibility index (Phi) is 6.70. The maximum absolute atomic E-state index is 12.8. The highest BCUT2D eigenvalue weighted by Crippen LogP contribution is 2.28. The Morgan fingerprint density at radius 2 is 1.90 bits per heavy atom. The van der Waals surface area contributed by atoms with Crippen LogP contribution >= 0.6 is 0 Å². The van der Waals surface area contributed by atoms with Crippen molar-refractivity contribution < 1.29 is 4.79 Å². The molecule has 2 heterocycles. The molecule has 1 amide bonds. The van der Waals surface area contributed by atoms with Gasteiger partial charge in [0.1, 0.15) is 11.5 Å². The molecular weight excluding hydrogens is 388 g/mol. The average Bonchev–Trinajstić information content (AvgIpc) is 3.48. The molecule has 2 aliphatic rings. The molecule has 1 aliphatic carbocycles. The zero-order valence-electron chi connectivity index (χ0n) is 18.9. The first kappa shape index (κ1) is 21.6. The maximum Gasteiger partial charge on any atom is 0.270 e. The van der Waals surface area contributed by atoms with Crippen LogP contribution in [0, 0.1) is 5.92 Å². The summed E-state index contributed by atoms with van der Waals surface area (Å²) in [5.74, 6) is 1.99. The molecule has 2 fully saturated rings. The second-order valence-corrected chi connectivity index (χ2v) is 9.07. The first-order valence-electron chi connectivity index (χ1n) is 11.3. The van der Waals surface area contributed by atoms with Crippen molar-refractivity contribution in [1.82, 2.24) is 20.2 Å². The highest BCUT2D eigenvalue weighted by Gasteiger charge is 2.27. The van der Waals surface area contributed by atoms with E-state index >= 15 is 0 Å². The molecule has 4 rings (SSSR count). The van der Waals surface area contributed by atoms with Crippen LogP contribution in [0.15, 0.2) is 36.4 Å². The summed E-state index contributed by atoms with van der Waals surface area (Å²) in [5, 5.41) is 3.06. The number of likely N-dealkylation sites (N-methyl/N-ethyl adjacent to an activating group) is 2. The molecule has 1 saturated heterocycles. The van der Waals surface area contributed by atoms with E-state index in [1.54, 1.807) is 0 Å². The molecule has 7 heteroatoms. The third kappa shape index (κ3) is 5.73. The molecule has 166 valence electrons. The van der Waals surface area contributed by atoms with Crippen molar-refractivity contribution in [3.8, 4) is 0 Å². The predicted molar refractivity (Wildman–Crippen MR) is 125 cm³/mol. The van der Waals surface area contributed by atoms with Gasteiger partial charge in [0.15, 0.2) is 0 Å². The zero-order valence-corrected chi connectivity index (χ0v) is 18.9. The molecular formula is C24H34N6O. The van der Waals surface area contributed by atoms with Gasteiger partial charge in [0.25, 0.3) is 5.91 Å². The van der Waals surface area contributed by atoms with Crippen LogP contribution in [-0.2, 0) is 6.42 Å². The SMILES string of the molecule is CN(CCc1ccccc1)c1nc(C(=O)NCC2CC2)cc(N2CCC(N(C)C)C2)n1. The molecule has 1 aliphatic heterocycles. The predicted octanol–water partition coefficient (Wildman–Crippen LogP) is 2.44. The van der Waals surface area contributed by atoms with Gasteiger partial charge in [-0.3, -0.25) is 4.79 Å². The van der Waals surface area contributed by atoms with E-state index in [9.17, 15) is 4.79 Å². The van der Waals surface area contributed by atoms with Crippen LogP contribution in [0.5, 0.6) is 0 Å². The van der Waals surface area contributed by atoms with Crippen LogP contribution in [0.4, 0.5) is 11.8 Å². The van der Waals surface area contributed by atoms with Gasteiger partial charge in [0.05, 0.1) is 0 Å². The number of rotatable bonds is 9. The summed E-state index contributed by atoms with van der Waals surface area (Å²) in [6.45, 7) is 3.39. The zero-order chi connectivity index (χ0) is 21.8. The minimum absolute atomic E-state index is 0.100. The van der Waals surface area contributed by atoms with Crippen molar-refractivity contribution in [2.45, 2.75) is 31.7 Å². The molecule has 1 N–H and O–H groups in total. The van der Waals surface area contributed by atoms with E-state index in [0.717, 1.165) is 44.8 Å². The lowest BCUT2D eigenvalue weighted by Crippen LogP contribution is -2.33. The van der Waals surface area contributed by atoms with Gasteiger partial charge in [-0.2, -0.15) is 4.98 Å². The van der Waals surface area contributed by atoms with Crippen molar-refractivity contribution in [1.29, 1.82) is 0 Å². The lowest BCUT2D eigenvalue weighted by atomic mass is 10.1. The monoisotopic (exact) mass is 422 g/mol. The van der Waals surface area contributed by atoms with Crippen LogP contribution < -0.4 is 15.1 Å². The van der Waals surface area contributed by atoms with Crippen molar-refractivity contribution >= 4 is 17.7 Å². The summed E-state index contributed by atoms with van der Waals surface area (Å²) in [6.07, 6.45) is 4.42. The maximum atomic E-state index is 12.8. The summed E-state index contributed by atoms with van der Waals surface area (Å²) in [6, 6.07) is 12.8. The number of nitrogens with one attached hydrogen (secondary N) is 1. The quantitative estimate of drug-likeness (QED) is 0.670. The van der Waals surface area contributed by atoms with Crippen molar-refractivity contribution in [2.24, 2.45) is 5.92 Å². The summed E-state index contributed by atoms with van der Waals surface area (Å²) >= 11 is 0. The lowest BCUT2D eigenvalue weighted by molar-refractivity contribution is 0.0946. The number of hydrogen-bond acceptors (Lipinski definition) is 6. The second kappa shape index (κ2) is 9.64. The van der Waals surface area contributed by atoms with E-state index in [1.807, 2.05) is 24.1 Å². The highest BCUT2D eigenvalue weighted by atomic mass is 16.1. The topological polar surface area (TPSA) is 64.6 Å². The van der Waals surface area contributed by atoms with Gasteiger partial charge < -0.3 is 20.0 Å². The van der Waals surface area contributed by atoms with Gasteiger partial charge in [-0.1, -0.05) is 30.3 Å². The molecule has 0 radical (unpaired) electrons. The number of carbonyl (C=O) groups excluding carboxylic acids is 1. The molecule has 1 aromatic carbocycles. The van der Waals surface area contributed by atoms with Gasteiger partial charge in [-0.15, -0.1) is 0 Å². The van der Waals surface area contributed by atoms with E-state index in [0.29, 0.717) is 23.6 Å². The number of benzene rings is 1. The Morgan fingerprint density at radius 3 is 2.58 bits per heavy atom. The number of nitrogens with zero attached hydrogens (tertiary/aromatic N) is 5. The third-order valence-corrected chi connectivity index (χ3v) is 6.32. The minimum Gasteiger partial charge on any atom is -0.355 e. The van der Waals surface area contributed by atoms with Gasteiger partial charge in [-0.25, -0.2) is 4.98 Å². The summed E-state index contributed by atoms with van der Waals surface area (Å²) < 4.78 is 0. The number of hydrogen-bond donors (Lipinski definition) is 1. The van der Waals surface area contributed by atoms with E-state index in [-0.39, 0.29) is 5.91 Å². The van der Waals surface area contributed by atoms with Gasteiger partial charge >= 0.3 is 0 Å². The van der Waals surface area contributed by atoms with Gasteiger partial charge in [-0.05, 0) is 51.3 Å². The minimum atomic E-state index is -0.100. The molecule has 1 aromatic heterocycles. The fourth-order valence-corrected chi connectivity index (χ4v) is 3.93. The Balaban J connectivity index is 1.52. The molecule has 0 spiro atoms. The summed E-state index contributed by atoms with van der Waals surface area (Å²) in [7, 11) is 6.24. The average molecular weight is 423 g/mol. The standard InChI is InChI=1S/C24H34N6O/c1-28(2)20-12-14-30(17-20)22-15-21(23(31)25-16-19-9-10-19)26-24(27-22)29(3)13-11-18-7-5-4-6-8-18/h4-8,15,19-20H,9-14,16-17H2,1-3H3,(H,25,31). The number of carbonyl (C=O) groups is 1. The summed E-state index contributed by atoms with van der Waals surface area (Å²) in [5.41, 5.74) is 1.74. The van der Waals surface area contributed by atoms with E-state index in [2.05, 4.69) is 58.5 Å². The Hall–Kier alpha value is -2.67. The first-order valence-corrected chi connectivity index (χ1v) is 11.3. The molecule has 2 aromatic rings. The third-order valence-electron chi connectivity index (χ3n) is 6.32. The van der Waals surface area contributed by atoms with Crippen molar-refractivity contribution in [3.05, 3.63) is 47.7 Å². The Bertz CT molecular complexity index is 883. The van der Waals surface area contributed by atoms with E-state index in [1.165, 1.54) is 18.4 Å². The Morgan fingerprint density at radius 1 is 1.13 bits per heavy atom. The molecule has 1 saturated carbocycles. The van der Waals surface area contributed by atoms with Crippen molar-refractivity contribution in [2.75, 3.05) is 57.1 Å². The van der Waals surface area contributed by atoms with Crippen LogP contribution in [0.2, 0.25) is 0 Å². The van der Waals surface area contributed by atoms with Gasteiger partial charge in [0, 0.05) is 45.3 Å². The number of amides is 1. The fourth-order valence-electron chi connectivity index (χ4n) is 3.93. The fraction of sp³-hybridized carbons (Fsp3) is 0.542. The van der Waals surface area contributed by atoms with Crippen LogP contribution in [0.3, 0.4) is 0 Å². The van der Waals surface area contributed by atoms with Gasteiger partial charge in [0.2, 0.25) is 5.95 Å². The Labute approximate surface area is 185 Å². The van der Waals surface area contributed by atoms with Crippen LogP contribution in [0.25, 0.3) is 0 Å². The smallest absolute Gasteiger partial charge is 0.270 e. The van der Waals surface area contributed by atoms with Crippen molar-refractivity contribution in [3.63, 3.8) is 0 Å². The molecule has 31 heavy (non-hydrogen) atoms. The number of anilines is 2. The highest BCUT2D eigenvalue weighted by molar-refractivity contribution is 5.93. The normalized spacial score (nSPS) is 18.5. The lowest BCUT2D eigenvalue weighted by Gasteiger charge is -2.23. The first-order chi connectivity index (χ1) is 15.0. The molecule has 1 unspecified atom stereocenters. The number of aromatic nitrogens is 2. The van der Waals surface area contributed by atoms with Crippen LogP contribution in [-0.4, -0.2) is 74.1 Å². The molecule has 7 nitrogen and oxygen atoms in total. The molecule has 1 atom stereocenters. The van der Waals surface area contributed by atoms with E-state index < -0.39 is 0 Å². The van der Waals surface area contributed by atoms with Crippen LogP contribution in [0.1, 0.15) is 35.3 Å². The summed E-state index contributed by atoms with van der Waals surface area (Å²) in [4.78, 5) is 28.9. The van der Waals surface area contributed by atoms with E-state index in [4.69, 9.17) is 4.98 Å². The molecule has 0 bridgehead atoms. The largest absolute Gasteiger partial charge is 0.355 e. The second-order valence-electron chi connectivity index (χ2n) is 9.07.